The fourth-order valence-electron chi connectivity index (χ4n) is 3.22. The zero-order valence-electron chi connectivity index (χ0n) is 17.2. The minimum Gasteiger partial charge on any atom is -0.466 e. The van der Waals surface area contributed by atoms with Crippen molar-refractivity contribution in [2.45, 2.75) is 19.8 Å². The van der Waals surface area contributed by atoms with E-state index in [1.807, 2.05) is 6.92 Å². The van der Waals surface area contributed by atoms with Gasteiger partial charge in [0.1, 0.15) is 0 Å². The number of benzene rings is 1. The van der Waals surface area contributed by atoms with Crippen molar-refractivity contribution in [2.24, 2.45) is 0 Å². The van der Waals surface area contributed by atoms with E-state index in [-0.39, 0.29) is 31.2 Å². The molecule has 3 amide bonds. The fourth-order valence-corrected chi connectivity index (χ4v) is 4.18. The van der Waals surface area contributed by atoms with E-state index in [1.54, 1.807) is 18.2 Å². The average molecular weight is 446 g/mol. The van der Waals surface area contributed by atoms with E-state index in [4.69, 9.17) is 4.74 Å². The molecule has 164 valence electrons. The van der Waals surface area contributed by atoms with Crippen LogP contribution in [0.1, 0.15) is 39.1 Å². The van der Waals surface area contributed by atoms with Crippen molar-refractivity contribution in [2.75, 3.05) is 32.6 Å². The molecule has 1 fully saturated rings. The second-order valence-corrected chi connectivity index (χ2v) is 7.97. The van der Waals surface area contributed by atoms with Crippen LogP contribution in [-0.4, -0.2) is 72.0 Å². The molecule has 0 bridgehead atoms. The summed E-state index contributed by atoms with van der Waals surface area (Å²) in [7, 11) is 1.26. The number of thioether (sulfide) groups is 1. The maximum Gasteiger partial charge on any atom is 0.333 e. The molecule has 0 N–H and O–H groups in total. The number of hydrogen-bond acceptors (Lipinski definition) is 8. The zero-order chi connectivity index (χ0) is 22.5. The van der Waals surface area contributed by atoms with Crippen LogP contribution in [0.4, 0.5) is 0 Å². The predicted molar refractivity (Wildman–Crippen MR) is 111 cm³/mol. The number of nitrogens with zero attached hydrogens (tertiary/aromatic N) is 2. The quantitative estimate of drug-likeness (QED) is 0.256. The van der Waals surface area contributed by atoms with Crippen LogP contribution in [0.15, 0.2) is 29.3 Å². The summed E-state index contributed by atoms with van der Waals surface area (Å²) in [5.41, 5.74) is 1.57. The van der Waals surface area contributed by atoms with Crippen LogP contribution >= 0.6 is 11.8 Å². The lowest BCUT2D eigenvalue weighted by Crippen LogP contribution is -2.32. The molecule has 0 atom stereocenters. The average Bonchev–Trinajstić information content (AvgIpc) is 3.20. The third-order valence-corrected chi connectivity index (χ3v) is 5.83. The Morgan fingerprint density at radius 3 is 2.58 bits per heavy atom. The van der Waals surface area contributed by atoms with Gasteiger partial charge >= 0.3 is 11.9 Å². The highest BCUT2D eigenvalue weighted by Gasteiger charge is 2.35. The number of carbonyl (C=O) groups excluding carboxylic acids is 5. The molecule has 31 heavy (non-hydrogen) atoms. The van der Waals surface area contributed by atoms with Crippen molar-refractivity contribution >= 4 is 41.4 Å². The number of imide groups is 1. The van der Waals surface area contributed by atoms with Gasteiger partial charge in [0.25, 0.3) is 11.8 Å². The Kier molecular flexibility index (Phi) is 7.11. The minimum absolute atomic E-state index is 0.0580. The van der Waals surface area contributed by atoms with E-state index in [0.717, 1.165) is 10.5 Å². The maximum absolute atomic E-state index is 12.4. The zero-order valence-corrected chi connectivity index (χ0v) is 18.0. The van der Waals surface area contributed by atoms with Crippen molar-refractivity contribution in [3.63, 3.8) is 0 Å². The number of hydrogen-bond donors (Lipinski definition) is 0. The molecule has 0 spiro atoms. The van der Waals surface area contributed by atoms with Crippen LogP contribution in [0.25, 0.3) is 0 Å². The molecular weight excluding hydrogens is 424 g/mol. The van der Waals surface area contributed by atoms with Crippen LogP contribution < -0.4 is 0 Å². The molecule has 10 heteroatoms. The van der Waals surface area contributed by atoms with Gasteiger partial charge in [0.2, 0.25) is 5.91 Å². The van der Waals surface area contributed by atoms with E-state index >= 15 is 0 Å². The highest BCUT2D eigenvalue weighted by atomic mass is 32.2. The minimum atomic E-state index is -0.544. The summed E-state index contributed by atoms with van der Waals surface area (Å²) >= 11 is 1.24. The first-order valence-corrected chi connectivity index (χ1v) is 10.7. The summed E-state index contributed by atoms with van der Waals surface area (Å²) in [4.78, 5) is 62.6. The van der Waals surface area contributed by atoms with Crippen molar-refractivity contribution in [1.29, 1.82) is 0 Å². The molecule has 0 aromatic heterocycles. The second kappa shape index (κ2) is 9.78. The molecular formula is C21H22N2O7S. The van der Waals surface area contributed by atoms with Crippen molar-refractivity contribution in [3.05, 3.63) is 46.0 Å². The number of carbonyl (C=O) groups is 5. The first kappa shape index (κ1) is 22.5. The van der Waals surface area contributed by atoms with E-state index < -0.39 is 23.8 Å². The largest absolute Gasteiger partial charge is 0.466 e. The lowest BCUT2D eigenvalue weighted by Gasteiger charge is -2.17. The monoisotopic (exact) mass is 446 g/mol. The Hall–Kier alpha value is -3.14. The molecule has 3 rings (SSSR count). The van der Waals surface area contributed by atoms with Gasteiger partial charge in [-0.05, 0) is 25.5 Å². The Balaban J connectivity index is 1.43. The Morgan fingerprint density at radius 1 is 1.10 bits per heavy atom. The Morgan fingerprint density at radius 2 is 1.84 bits per heavy atom. The first-order valence-electron chi connectivity index (χ1n) is 9.67. The van der Waals surface area contributed by atoms with Gasteiger partial charge in [-0.3, -0.25) is 24.1 Å². The molecule has 2 aliphatic rings. The summed E-state index contributed by atoms with van der Waals surface area (Å²) in [6.07, 6.45) is 1.52. The number of rotatable bonds is 8. The van der Waals surface area contributed by atoms with Crippen LogP contribution in [0, 0.1) is 6.92 Å². The molecule has 1 aromatic rings. The van der Waals surface area contributed by atoms with Crippen molar-refractivity contribution in [1.82, 2.24) is 9.80 Å². The highest BCUT2D eigenvalue weighted by molar-refractivity contribution is 8.04. The van der Waals surface area contributed by atoms with Crippen LogP contribution in [0.5, 0.6) is 0 Å². The van der Waals surface area contributed by atoms with E-state index in [0.29, 0.717) is 29.1 Å². The van der Waals surface area contributed by atoms with E-state index in [1.165, 1.54) is 29.8 Å². The second-order valence-electron chi connectivity index (χ2n) is 6.97. The van der Waals surface area contributed by atoms with E-state index in [2.05, 4.69) is 4.74 Å². The Labute approximate surface area is 183 Å². The molecule has 0 saturated carbocycles. The number of fused-ring (bicyclic) bond motifs is 1. The predicted octanol–water partition coefficient (Wildman–Crippen LogP) is 1.50. The summed E-state index contributed by atoms with van der Waals surface area (Å²) in [5.74, 6) is -1.80. The van der Waals surface area contributed by atoms with Crippen LogP contribution in [0.2, 0.25) is 0 Å². The number of methoxy groups -OCH3 is 1. The number of amides is 3. The summed E-state index contributed by atoms with van der Waals surface area (Å²) in [5, 5.41) is 0.504. The number of esters is 2. The van der Waals surface area contributed by atoms with Gasteiger partial charge in [0.15, 0.2) is 0 Å². The third kappa shape index (κ3) is 5.13. The Bertz CT molecular complexity index is 972. The molecule has 0 radical (unpaired) electrons. The van der Waals surface area contributed by atoms with Gasteiger partial charge in [0, 0.05) is 13.1 Å². The molecule has 2 heterocycles. The molecule has 1 aromatic carbocycles. The maximum atomic E-state index is 12.4. The summed E-state index contributed by atoms with van der Waals surface area (Å²) < 4.78 is 9.73. The van der Waals surface area contributed by atoms with Crippen LogP contribution in [-0.2, 0) is 23.9 Å². The third-order valence-electron chi connectivity index (χ3n) is 4.81. The van der Waals surface area contributed by atoms with Crippen LogP contribution in [0.3, 0.4) is 0 Å². The fraction of sp³-hybridized carbons (Fsp3) is 0.381. The molecule has 0 unspecified atom stereocenters. The molecule has 0 aliphatic carbocycles. The SMILES string of the molecule is COC(=O)/C=C1/SCC(=O)N1CCCOC(=O)CCN1C(=O)c2ccc(C)cc2C1=O. The van der Waals surface area contributed by atoms with Gasteiger partial charge in [-0.15, -0.1) is 0 Å². The molecule has 1 saturated heterocycles. The van der Waals surface area contributed by atoms with Gasteiger partial charge in [-0.25, -0.2) is 4.79 Å². The first-order chi connectivity index (χ1) is 14.8. The number of ether oxygens (including phenoxy) is 2. The van der Waals surface area contributed by atoms with Gasteiger partial charge in [0.05, 0.1) is 48.1 Å². The standard InChI is InChI=1S/C21H22N2O7S/c1-13-4-5-14-15(10-13)21(28)23(20(14)27)8-6-18(25)30-9-3-7-22-16(24)12-31-17(22)11-19(26)29-2/h4-5,10-11H,3,6-9,12H2,1-2H3/b17-11+. The van der Waals surface area contributed by atoms with E-state index in [9.17, 15) is 24.0 Å². The smallest absolute Gasteiger partial charge is 0.333 e. The normalized spacial score (nSPS) is 16.8. The lowest BCUT2D eigenvalue weighted by atomic mass is 10.1. The number of aryl methyl sites for hydroxylation is 1. The topological polar surface area (TPSA) is 110 Å². The van der Waals surface area contributed by atoms with Crippen molar-refractivity contribution in [3.8, 4) is 0 Å². The van der Waals surface area contributed by atoms with Gasteiger partial charge in [-0.1, -0.05) is 23.4 Å². The van der Waals surface area contributed by atoms with Gasteiger partial charge < -0.3 is 14.4 Å². The van der Waals surface area contributed by atoms with Gasteiger partial charge in [-0.2, -0.15) is 0 Å². The lowest BCUT2D eigenvalue weighted by molar-refractivity contribution is -0.143. The summed E-state index contributed by atoms with van der Waals surface area (Å²) in [6, 6.07) is 5.04. The molecule has 9 nitrogen and oxygen atoms in total. The summed E-state index contributed by atoms with van der Waals surface area (Å²) in [6.45, 7) is 2.14. The van der Waals surface area contributed by atoms with Crippen molar-refractivity contribution < 1.29 is 33.4 Å². The highest BCUT2D eigenvalue weighted by Crippen LogP contribution is 2.29. The molecule has 2 aliphatic heterocycles.